The van der Waals surface area contributed by atoms with E-state index < -0.39 is 18.2 Å². The Bertz CT molecular complexity index is 513. The number of hydrogen-bond acceptors (Lipinski definition) is 4. The topological polar surface area (TPSA) is 76.1 Å². The van der Waals surface area contributed by atoms with Crippen molar-refractivity contribution in [3.05, 3.63) is 29.8 Å². The molecule has 114 valence electrons. The van der Waals surface area contributed by atoms with Crippen molar-refractivity contribution in [1.82, 2.24) is 4.90 Å². The number of methoxy groups -OCH3 is 1. The molecule has 0 spiro atoms. The number of aliphatic carboxylic acids is 1. The summed E-state index contributed by atoms with van der Waals surface area (Å²) in [5.74, 6) is -0.436. The molecule has 1 amide bonds. The minimum Gasteiger partial charge on any atom is -0.497 e. The van der Waals surface area contributed by atoms with Gasteiger partial charge < -0.3 is 19.5 Å². The van der Waals surface area contributed by atoms with E-state index >= 15 is 0 Å². The molecule has 6 heteroatoms. The van der Waals surface area contributed by atoms with Gasteiger partial charge in [-0.15, -0.1) is 0 Å². The van der Waals surface area contributed by atoms with Crippen molar-refractivity contribution in [1.29, 1.82) is 0 Å². The molecule has 0 bridgehead atoms. The van der Waals surface area contributed by atoms with Gasteiger partial charge in [-0.25, -0.2) is 4.79 Å². The lowest BCUT2D eigenvalue weighted by atomic mass is 10.1. The van der Waals surface area contributed by atoms with Crippen LogP contribution in [0.4, 0.5) is 0 Å². The Labute approximate surface area is 123 Å². The summed E-state index contributed by atoms with van der Waals surface area (Å²) in [5, 5.41) is 8.87. The van der Waals surface area contributed by atoms with Crippen LogP contribution in [0, 0.1) is 0 Å². The molecule has 1 aliphatic heterocycles. The first-order valence-electron chi connectivity index (χ1n) is 6.77. The van der Waals surface area contributed by atoms with Crippen molar-refractivity contribution in [2.45, 2.75) is 31.6 Å². The van der Waals surface area contributed by atoms with Crippen LogP contribution in [0.15, 0.2) is 24.3 Å². The Morgan fingerprint density at radius 3 is 2.43 bits per heavy atom. The van der Waals surface area contributed by atoms with Crippen LogP contribution >= 0.6 is 0 Å². The van der Waals surface area contributed by atoms with Gasteiger partial charge in [0.25, 0.3) is 5.91 Å². The first-order chi connectivity index (χ1) is 10.0. The molecule has 1 N–H and O–H groups in total. The second kappa shape index (κ2) is 6.58. The van der Waals surface area contributed by atoms with Crippen LogP contribution in [0.25, 0.3) is 0 Å². The SMILES string of the molecule is COc1ccc(CN(C)C(=O)[C@@H]2CC[C@H](C(=O)O)O2)cc1. The highest BCUT2D eigenvalue weighted by molar-refractivity contribution is 5.82. The number of amides is 1. The highest BCUT2D eigenvalue weighted by Gasteiger charge is 2.35. The Balaban J connectivity index is 1.92. The summed E-state index contributed by atoms with van der Waals surface area (Å²) < 4.78 is 10.4. The maximum absolute atomic E-state index is 12.2. The smallest absolute Gasteiger partial charge is 0.332 e. The Hall–Kier alpha value is -2.08. The predicted molar refractivity (Wildman–Crippen MR) is 75.0 cm³/mol. The minimum atomic E-state index is -1.01. The number of ether oxygens (including phenoxy) is 2. The Morgan fingerprint density at radius 1 is 1.29 bits per heavy atom. The summed E-state index contributed by atoms with van der Waals surface area (Å²) >= 11 is 0. The van der Waals surface area contributed by atoms with E-state index in [4.69, 9.17) is 14.6 Å². The molecule has 1 aromatic rings. The number of benzene rings is 1. The molecule has 2 atom stereocenters. The van der Waals surface area contributed by atoms with E-state index in [0.29, 0.717) is 19.4 Å². The zero-order valence-electron chi connectivity index (χ0n) is 12.1. The van der Waals surface area contributed by atoms with Gasteiger partial charge in [0, 0.05) is 13.6 Å². The van der Waals surface area contributed by atoms with E-state index in [-0.39, 0.29) is 5.91 Å². The molecule has 1 aromatic carbocycles. The van der Waals surface area contributed by atoms with Crippen molar-refractivity contribution in [2.75, 3.05) is 14.2 Å². The Kier molecular flexibility index (Phi) is 4.80. The largest absolute Gasteiger partial charge is 0.497 e. The van der Waals surface area contributed by atoms with Crippen LogP contribution in [0.3, 0.4) is 0 Å². The zero-order chi connectivity index (χ0) is 15.4. The van der Waals surface area contributed by atoms with Crippen LogP contribution in [0.5, 0.6) is 5.75 Å². The number of nitrogens with zero attached hydrogens (tertiary/aromatic N) is 1. The van der Waals surface area contributed by atoms with Crippen LogP contribution < -0.4 is 4.74 Å². The fourth-order valence-corrected chi connectivity index (χ4v) is 2.33. The van der Waals surface area contributed by atoms with E-state index in [1.807, 2.05) is 24.3 Å². The molecular formula is C15H19NO5. The van der Waals surface area contributed by atoms with E-state index in [2.05, 4.69) is 0 Å². The number of likely N-dealkylation sites (N-methyl/N-ethyl adjacent to an activating group) is 1. The predicted octanol–water partition coefficient (Wildman–Crippen LogP) is 1.29. The third kappa shape index (κ3) is 3.72. The number of carbonyl (C=O) groups excluding carboxylic acids is 1. The first-order valence-corrected chi connectivity index (χ1v) is 6.77. The molecule has 0 aliphatic carbocycles. The second-order valence-electron chi connectivity index (χ2n) is 5.07. The van der Waals surface area contributed by atoms with Gasteiger partial charge in [-0.2, -0.15) is 0 Å². The van der Waals surface area contributed by atoms with Gasteiger partial charge in [0.1, 0.15) is 11.9 Å². The van der Waals surface area contributed by atoms with Crippen molar-refractivity contribution >= 4 is 11.9 Å². The van der Waals surface area contributed by atoms with Gasteiger partial charge in [0.2, 0.25) is 0 Å². The van der Waals surface area contributed by atoms with E-state index in [9.17, 15) is 9.59 Å². The molecular weight excluding hydrogens is 274 g/mol. The van der Waals surface area contributed by atoms with Crippen molar-refractivity contribution in [3.63, 3.8) is 0 Å². The molecule has 2 rings (SSSR count). The number of carboxylic acids is 1. The molecule has 1 heterocycles. The molecule has 1 saturated heterocycles. The number of carboxylic acid groups (broad SMARTS) is 1. The number of rotatable bonds is 5. The maximum atomic E-state index is 12.2. The van der Waals surface area contributed by atoms with Crippen LogP contribution in [-0.4, -0.2) is 48.2 Å². The summed E-state index contributed by atoms with van der Waals surface area (Å²) in [4.78, 5) is 24.6. The molecule has 1 fully saturated rings. The monoisotopic (exact) mass is 293 g/mol. The lowest BCUT2D eigenvalue weighted by Gasteiger charge is -2.21. The fourth-order valence-electron chi connectivity index (χ4n) is 2.33. The average Bonchev–Trinajstić information content (AvgIpc) is 2.97. The minimum absolute atomic E-state index is 0.186. The average molecular weight is 293 g/mol. The molecule has 0 unspecified atom stereocenters. The highest BCUT2D eigenvalue weighted by Crippen LogP contribution is 2.22. The van der Waals surface area contributed by atoms with Gasteiger partial charge in [0.15, 0.2) is 6.10 Å². The maximum Gasteiger partial charge on any atom is 0.332 e. The summed E-state index contributed by atoms with van der Waals surface area (Å²) in [6.45, 7) is 0.445. The molecule has 1 aliphatic rings. The zero-order valence-corrected chi connectivity index (χ0v) is 12.1. The van der Waals surface area contributed by atoms with Gasteiger partial charge in [-0.1, -0.05) is 12.1 Å². The lowest BCUT2D eigenvalue weighted by molar-refractivity contribution is -0.154. The van der Waals surface area contributed by atoms with E-state index in [1.165, 1.54) is 0 Å². The summed E-state index contributed by atoms with van der Waals surface area (Å²) in [6.07, 6.45) is -0.701. The first kappa shape index (κ1) is 15.3. The fraction of sp³-hybridized carbons (Fsp3) is 0.467. The molecule has 21 heavy (non-hydrogen) atoms. The second-order valence-corrected chi connectivity index (χ2v) is 5.07. The molecule has 0 saturated carbocycles. The van der Waals surface area contributed by atoms with Crippen molar-refractivity contribution in [2.24, 2.45) is 0 Å². The van der Waals surface area contributed by atoms with Gasteiger partial charge in [0.05, 0.1) is 7.11 Å². The molecule has 0 aromatic heterocycles. The third-order valence-electron chi connectivity index (χ3n) is 3.53. The normalized spacial score (nSPS) is 21.0. The van der Waals surface area contributed by atoms with Gasteiger partial charge in [-0.05, 0) is 30.5 Å². The quantitative estimate of drug-likeness (QED) is 0.885. The van der Waals surface area contributed by atoms with Crippen LogP contribution in [-0.2, 0) is 20.9 Å². The van der Waals surface area contributed by atoms with Gasteiger partial charge >= 0.3 is 5.97 Å². The number of hydrogen-bond donors (Lipinski definition) is 1. The van der Waals surface area contributed by atoms with Crippen LogP contribution in [0.1, 0.15) is 18.4 Å². The van der Waals surface area contributed by atoms with Crippen molar-refractivity contribution < 1.29 is 24.2 Å². The summed E-state index contributed by atoms with van der Waals surface area (Å²) in [5.41, 5.74) is 0.972. The molecule has 6 nitrogen and oxygen atoms in total. The van der Waals surface area contributed by atoms with Crippen LogP contribution in [0.2, 0.25) is 0 Å². The highest BCUT2D eigenvalue weighted by atomic mass is 16.5. The Morgan fingerprint density at radius 2 is 1.90 bits per heavy atom. The third-order valence-corrected chi connectivity index (χ3v) is 3.53. The van der Waals surface area contributed by atoms with Gasteiger partial charge in [-0.3, -0.25) is 4.79 Å². The van der Waals surface area contributed by atoms with Crippen molar-refractivity contribution in [3.8, 4) is 5.75 Å². The lowest BCUT2D eigenvalue weighted by Crippen LogP contribution is -2.36. The van der Waals surface area contributed by atoms with E-state index in [0.717, 1.165) is 11.3 Å². The summed E-state index contributed by atoms with van der Waals surface area (Å²) in [6, 6.07) is 7.44. The number of carbonyl (C=O) groups is 2. The van der Waals surface area contributed by atoms with E-state index in [1.54, 1.807) is 19.1 Å². The molecule has 0 radical (unpaired) electrons. The standard InChI is InChI=1S/C15H19NO5/c1-16(9-10-3-5-11(20-2)6-4-10)14(17)12-7-8-13(21-12)15(18)19/h3-6,12-13H,7-9H2,1-2H3,(H,18,19)/t12-,13+/m0/s1. The summed E-state index contributed by atoms with van der Waals surface area (Å²) in [7, 11) is 3.28.